The Morgan fingerprint density at radius 1 is 0.917 bits per heavy atom. The van der Waals surface area contributed by atoms with Gasteiger partial charge in [-0.2, -0.15) is 4.57 Å². The molecule has 0 spiro atoms. The van der Waals surface area contributed by atoms with Gasteiger partial charge < -0.3 is 47.7 Å². The second kappa shape index (κ2) is 10.5. The van der Waals surface area contributed by atoms with Crippen LogP contribution in [0.25, 0.3) is 22.0 Å². The van der Waals surface area contributed by atoms with E-state index in [9.17, 15) is 0 Å². The molecule has 4 aromatic rings. The number of nitrogens with zero attached hydrogens (tertiary/aromatic N) is 1. The highest BCUT2D eigenvalue weighted by Gasteiger charge is 2.32. The van der Waals surface area contributed by atoms with Gasteiger partial charge >= 0.3 is 0 Å². The summed E-state index contributed by atoms with van der Waals surface area (Å²) in [6.45, 7) is 2.34. The van der Waals surface area contributed by atoms with E-state index in [-0.39, 0.29) is 30.8 Å². The van der Waals surface area contributed by atoms with Crippen molar-refractivity contribution in [2.45, 2.75) is 26.0 Å². The lowest BCUT2D eigenvalue weighted by Crippen LogP contribution is -3.00. The van der Waals surface area contributed by atoms with E-state index in [1.807, 2.05) is 24.3 Å². The number of hydrogen-bond acceptors (Lipinski definition) is 5. The summed E-state index contributed by atoms with van der Waals surface area (Å²) in [7, 11) is 3.37. The van der Waals surface area contributed by atoms with Crippen molar-refractivity contribution < 1.29 is 52.2 Å². The van der Waals surface area contributed by atoms with Crippen molar-refractivity contribution in [3.63, 3.8) is 0 Å². The first-order chi connectivity index (χ1) is 17.3. The molecule has 0 fully saturated rings. The van der Waals surface area contributed by atoms with Gasteiger partial charge in [0.25, 0.3) is 0 Å². The zero-order valence-electron chi connectivity index (χ0n) is 20.4. The van der Waals surface area contributed by atoms with Crippen LogP contribution < -0.4 is 47.5 Å². The van der Waals surface area contributed by atoms with Crippen LogP contribution in [0.4, 0.5) is 0 Å². The van der Waals surface area contributed by atoms with E-state index in [0.29, 0.717) is 13.2 Å². The van der Waals surface area contributed by atoms with Crippen LogP contribution in [0.3, 0.4) is 0 Å². The minimum absolute atomic E-state index is 0. The minimum atomic E-state index is 0. The lowest BCUT2D eigenvalue weighted by Gasteiger charge is -2.21. The van der Waals surface area contributed by atoms with Crippen LogP contribution in [0.1, 0.15) is 16.7 Å². The van der Waals surface area contributed by atoms with Gasteiger partial charge in [-0.15, -0.1) is 0 Å². The molecule has 3 heterocycles. The molecule has 6 rings (SSSR count). The van der Waals surface area contributed by atoms with E-state index in [2.05, 4.69) is 41.1 Å². The number of aromatic nitrogens is 1. The van der Waals surface area contributed by atoms with Crippen molar-refractivity contribution in [1.82, 2.24) is 0 Å². The summed E-state index contributed by atoms with van der Waals surface area (Å²) in [6, 6.07) is 18.7. The maximum absolute atomic E-state index is 6.12. The number of halogens is 1. The third-order valence-electron chi connectivity index (χ3n) is 6.85. The summed E-state index contributed by atoms with van der Waals surface area (Å²) in [5.41, 5.74) is 6.07. The SMILES string of the molecule is COc1ccc2c(CCOCc3ccccc3)c3[n+](cc2c1OC)CCc1cc2c(cc1-3)OCO2.[I-]. The number of rotatable bonds is 7. The normalized spacial score (nSPS) is 13.1. The van der Waals surface area contributed by atoms with Crippen molar-refractivity contribution in [3.05, 3.63) is 77.5 Å². The fourth-order valence-corrected chi connectivity index (χ4v) is 5.20. The van der Waals surface area contributed by atoms with Gasteiger partial charge in [-0.25, -0.2) is 0 Å². The molecule has 0 saturated carbocycles. The highest BCUT2D eigenvalue weighted by atomic mass is 127. The minimum Gasteiger partial charge on any atom is -1.00 e. The third-order valence-corrected chi connectivity index (χ3v) is 6.85. The Hall–Kier alpha value is -3.04. The van der Waals surface area contributed by atoms with Gasteiger partial charge in [-0.1, -0.05) is 30.3 Å². The number of hydrogen-bond donors (Lipinski definition) is 0. The van der Waals surface area contributed by atoms with Gasteiger partial charge in [-0.3, -0.25) is 0 Å². The second-order valence-electron chi connectivity index (χ2n) is 8.81. The molecule has 36 heavy (non-hydrogen) atoms. The van der Waals surface area contributed by atoms with Gasteiger partial charge in [0.2, 0.25) is 12.5 Å². The highest BCUT2D eigenvalue weighted by molar-refractivity contribution is 5.95. The number of benzene rings is 3. The number of ether oxygens (including phenoxy) is 5. The molecular formula is C29H28INO5. The van der Waals surface area contributed by atoms with Crippen molar-refractivity contribution in [3.8, 4) is 34.3 Å². The molecular weight excluding hydrogens is 569 g/mol. The van der Waals surface area contributed by atoms with Crippen LogP contribution in [0, 0.1) is 0 Å². The molecule has 0 bridgehead atoms. The smallest absolute Gasteiger partial charge is 0.231 e. The molecule has 0 atom stereocenters. The molecule has 0 radical (unpaired) electrons. The zero-order chi connectivity index (χ0) is 23.8. The fraction of sp³-hybridized carbons (Fsp3) is 0.276. The fourth-order valence-electron chi connectivity index (χ4n) is 5.20. The summed E-state index contributed by atoms with van der Waals surface area (Å²) < 4.78 is 31.2. The van der Waals surface area contributed by atoms with Crippen molar-refractivity contribution >= 4 is 10.8 Å². The number of pyridine rings is 1. The second-order valence-corrected chi connectivity index (χ2v) is 8.81. The van der Waals surface area contributed by atoms with E-state index in [0.717, 1.165) is 53.2 Å². The Balaban J connectivity index is 0.00000267. The van der Waals surface area contributed by atoms with Crippen molar-refractivity contribution in [2.24, 2.45) is 0 Å². The summed E-state index contributed by atoms with van der Waals surface area (Å²) in [5.74, 6) is 3.11. The van der Waals surface area contributed by atoms with Crippen molar-refractivity contribution in [1.29, 1.82) is 0 Å². The molecule has 186 valence electrons. The van der Waals surface area contributed by atoms with Crippen LogP contribution in [-0.2, 0) is 30.7 Å². The first-order valence-electron chi connectivity index (χ1n) is 11.9. The maximum Gasteiger partial charge on any atom is 0.231 e. The van der Waals surface area contributed by atoms with Gasteiger partial charge in [0, 0.05) is 23.8 Å². The molecule has 0 unspecified atom stereocenters. The first-order valence-corrected chi connectivity index (χ1v) is 11.9. The zero-order valence-corrected chi connectivity index (χ0v) is 22.5. The first kappa shape index (κ1) is 24.6. The molecule has 0 saturated heterocycles. The molecule has 0 N–H and O–H groups in total. The summed E-state index contributed by atoms with van der Waals surface area (Å²) in [5, 5.41) is 2.18. The molecule has 6 nitrogen and oxygen atoms in total. The standard InChI is InChI=1S/C29H28NO5.HI/c1-31-25-9-8-21-22(11-13-33-17-19-6-4-3-5-7-19)28-23-15-27-26(34-18-35-27)14-20(23)10-12-30(28)16-24(21)29(25)32-2;/h3-9,14-16H,10-13,17-18H2,1-2H3;1H/q+1;/p-1. The van der Waals surface area contributed by atoms with Crippen molar-refractivity contribution in [2.75, 3.05) is 27.6 Å². The lowest BCUT2D eigenvalue weighted by molar-refractivity contribution is -0.686. The van der Waals surface area contributed by atoms with Crippen LogP contribution in [0.15, 0.2) is 60.8 Å². The van der Waals surface area contributed by atoms with Crippen LogP contribution in [-0.4, -0.2) is 27.6 Å². The van der Waals surface area contributed by atoms with Crippen LogP contribution in [0.5, 0.6) is 23.0 Å². The molecule has 0 aliphatic carbocycles. The van der Waals surface area contributed by atoms with E-state index >= 15 is 0 Å². The Labute approximate surface area is 227 Å². The molecule has 0 amide bonds. The highest BCUT2D eigenvalue weighted by Crippen LogP contribution is 2.43. The summed E-state index contributed by atoms with van der Waals surface area (Å²) in [4.78, 5) is 0. The van der Waals surface area contributed by atoms with E-state index in [1.54, 1.807) is 14.2 Å². The molecule has 2 aliphatic rings. The predicted molar refractivity (Wildman–Crippen MR) is 132 cm³/mol. The topological polar surface area (TPSA) is 50.0 Å². The van der Waals surface area contributed by atoms with E-state index in [4.69, 9.17) is 23.7 Å². The molecule has 3 aromatic carbocycles. The Morgan fingerprint density at radius 2 is 1.72 bits per heavy atom. The monoisotopic (exact) mass is 597 g/mol. The number of methoxy groups -OCH3 is 2. The molecule has 2 aliphatic heterocycles. The lowest BCUT2D eigenvalue weighted by atomic mass is 9.90. The van der Waals surface area contributed by atoms with Gasteiger partial charge in [0.1, 0.15) is 0 Å². The molecule has 7 heteroatoms. The largest absolute Gasteiger partial charge is 1.00 e. The van der Waals surface area contributed by atoms with Gasteiger partial charge in [0.15, 0.2) is 35.7 Å². The average Bonchev–Trinajstić information content (AvgIpc) is 3.36. The van der Waals surface area contributed by atoms with Crippen LogP contribution in [0.2, 0.25) is 0 Å². The number of aryl methyl sites for hydroxylation is 2. The van der Waals surface area contributed by atoms with Gasteiger partial charge in [-0.05, 0) is 35.4 Å². The molecule has 1 aromatic heterocycles. The van der Waals surface area contributed by atoms with E-state index < -0.39 is 0 Å². The summed E-state index contributed by atoms with van der Waals surface area (Å²) >= 11 is 0. The average molecular weight is 597 g/mol. The predicted octanol–water partition coefficient (Wildman–Crippen LogP) is 1.86. The Morgan fingerprint density at radius 3 is 2.50 bits per heavy atom. The third kappa shape index (κ3) is 4.35. The Kier molecular flexibility index (Phi) is 7.20. The number of fused-ring (bicyclic) bond motifs is 5. The maximum atomic E-state index is 6.12. The van der Waals surface area contributed by atoms with E-state index in [1.165, 1.54) is 27.9 Å². The summed E-state index contributed by atoms with van der Waals surface area (Å²) in [6.07, 6.45) is 3.88. The van der Waals surface area contributed by atoms with Gasteiger partial charge in [0.05, 0.1) is 38.4 Å². The van der Waals surface area contributed by atoms with Crippen LogP contribution >= 0.6 is 0 Å². The Bertz CT molecular complexity index is 1410. The quantitative estimate of drug-likeness (QED) is 0.185.